The van der Waals surface area contributed by atoms with Gasteiger partial charge < -0.3 is 5.32 Å². The summed E-state index contributed by atoms with van der Waals surface area (Å²) in [4.78, 5) is 25.6. The van der Waals surface area contributed by atoms with Gasteiger partial charge in [-0.1, -0.05) is 11.6 Å². The van der Waals surface area contributed by atoms with Crippen LogP contribution in [0.2, 0.25) is 5.15 Å². The van der Waals surface area contributed by atoms with Crippen molar-refractivity contribution in [1.82, 2.24) is 10.3 Å². The van der Waals surface area contributed by atoms with E-state index < -0.39 is 10.8 Å². The highest BCUT2D eigenvalue weighted by Gasteiger charge is 2.20. The third-order valence-electron chi connectivity index (χ3n) is 2.79. The normalized spacial score (nSPS) is 18.3. The fourth-order valence-electron chi connectivity index (χ4n) is 1.80. The maximum absolute atomic E-state index is 11.9. The Morgan fingerprint density at radius 2 is 2.47 bits per heavy atom. The predicted molar refractivity (Wildman–Crippen MR) is 73.7 cm³/mol. The highest BCUT2D eigenvalue weighted by atomic mass is 35.5. The highest BCUT2D eigenvalue weighted by Crippen LogP contribution is 2.25. The first-order chi connectivity index (χ1) is 9.08. The monoisotopic (exact) mass is 301 g/mol. The summed E-state index contributed by atoms with van der Waals surface area (Å²) < 4.78 is 0. The van der Waals surface area contributed by atoms with Gasteiger partial charge in [0.15, 0.2) is 0 Å². The number of pyridine rings is 1. The lowest BCUT2D eigenvalue weighted by atomic mass is 10.2. The molecule has 0 saturated carbocycles. The van der Waals surface area contributed by atoms with Gasteiger partial charge in [0, 0.05) is 17.9 Å². The Hall–Kier alpha value is -1.34. The SMILES string of the molecule is O=C(NCC1CCCS1)c1cc([N+](=O)[O-])cnc1Cl. The van der Waals surface area contributed by atoms with E-state index in [-0.39, 0.29) is 16.4 Å². The molecule has 19 heavy (non-hydrogen) atoms. The number of nitrogens with one attached hydrogen (secondary N) is 1. The molecule has 2 rings (SSSR count). The molecule has 1 aliphatic rings. The number of aromatic nitrogens is 1. The van der Waals surface area contributed by atoms with Crippen LogP contribution < -0.4 is 5.32 Å². The van der Waals surface area contributed by atoms with Gasteiger partial charge >= 0.3 is 0 Å². The number of nitro groups is 1. The summed E-state index contributed by atoms with van der Waals surface area (Å²) >= 11 is 7.61. The first-order valence-corrected chi connectivity index (χ1v) is 7.20. The van der Waals surface area contributed by atoms with E-state index in [0.29, 0.717) is 11.8 Å². The Morgan fingerprint density at radius 1 is 1.68 bits per heavy atom. The van der Waals surface area contributed by atoms with E-state index in [1.807, 2.05) is 11.8 Å². The molecular formula is C11H12ClN3O3S. The maximum Gasteiger partial charge on any atom is 0.288 e. The van der Waals surface area contributed by atoms with Crippen LogP contribution >= 0.6 is 23.4 Å². The zero-order valence-corrected chi connectivity index (χ0v) is 11.5. The molecule has 1 N–H and O–H groups in total. The van der Waals surface area contributed by atoms with Gasteiger partial charge in [0.1, 0.15) is 11.3 Å². The first-order valence-electron chi connectivity index (χ1n) is 5.77. The standard InChI is InChI=1S/C11H12ClN3O3S/c12-10-9(4-7(5-13-10)15(17)18)11(16)14-6-8-2-1-3-19-8/h4-5,8H,1-3,6H2,(H,14,16). The molecule has 1 saturated heterocycles. The molecule has 1 unspecified atom stereocenters. The molecule has 1 aromatic heterocycles. The Balaban J connectivity index is 2.04. The van der Waals surface area contributed by atoms with Crippen molar-refractivity contribution < 1.29 is 9.72 Å². The molecule has 0 spiro atoms. The second-order valence-corrected chi connectivity index (χ2v) is 5.90. The first kappa shape index (κ1) is 14.1. The molecule has 8 heteroatoms. The summed E-state index contributed by atoms with van der Waals surface area (Å²) in [5.74, 6) is 0.688. The summed E-state index contributed by atoms with van der Waals surface area (Å²) in [7, 11) is 0. The van der Waals surface area contributed by atoms with Crippen LogP contribution in [0, 0.1) is 10.1 Å². The Bertz CT molecular complexity index is 506. The summed E-state index contributed by atoms with van der Waals surface area (Å²) in [6.07, 6.45) is 3.27. The molecule has 0 aliphatic carbocycles. The molecule has 2 heterocycles. The Kier molecular flexibility index (Phi) is 4.60. The minimum Gasteiger partial charge on any atom is -0.351 e. The van der Waals surface area contributed by atoms with Crippen LogP contribution in [0.3, 0.4) is 0 Å². The highest BCUT2D eigenvalue weighted by molar-refractivity contribution is 8.00. The molecule has 0 radical (unpaired) electrons. The zero-order valence-electron chi connectivity index (χ0n) is 9.97. The van der Waals surface area contributed by atoms with E-state index in [4.69, 9.17) is 11.6 Å². The minimum absolute atomic E-state index is 0.0258. The molecule has 0 bridgehead atoms. The minimum atomic E-state index is -0.604. The van der Waals surface area contributed by atoms with Crippen molar-refractivity contribution in [2.45, 2.75) is 18.1 Å². The van der Waals surface area contributed by atoms with Crippen LogP contribution in [0.5, 0.6) is 0 Å². The van der Waals surface area contributed by atoms with Crippen LogP contribution in [-0.4, -0.2) is 33.4 Å². The van der Waals surface area contributed by atoms with E-state index in [0.717, 1.165) is 30.9 Å². The second-order valence-electron chi connectivity index (χ2n) is 4.13. The molecule has 1 aliphatic heterocycles. The van der Waals surface area contributed by atoms with E-state index in [1.165, 1.54) is 0 Å². The van der Waals surface area contributed by atoms with Crippen molar-refractivity contribution >= 4 is 35.0 Å². The van der Waals surface area contributed by atoms with Crippen LogP contribution in [0.15, 0.2) is 12.3 Å². The third-order valence-corrected chi connectivity index (χ3v) is 4.49. The lowest BCUT2D eigenvalue weighted by Gasteiger charge is -2.10. The van der Waals surface area contributed by atoms with Gasteiger partial charge in [-0.25, -0.2) is 4.98 Å². The van der Waals surface area contributed by atoms with Crippen molar-refractivity contribution in [3.05, 3.63) is 33.1 Å². The largest absolute Gasteiger partial charge is 0.351 e. The fraction of sp³-hybridized carbons (Fsp3) is 0.455. The molecule has 102 valence electrons. The number of amides is 1. The Labute approximate surface area is 119 Å². The number of halogens is 1. The van der Waals surface area contributed by atoms with Gasteiger partial charge in [0.2, 0.25) is 0 Å². The van der Waals surface area contributed by atoms with Gasteiger partial charge in [-0.3, -0.25) is 14.9 Å². The average molecular weight is 302 g/mol. The van der Waals surface area contributed by atoms with Gasteiger partial charge in [-0.15, -0.1) is 0 Å². The van der Waals surface area contributed by atoms with Gasteiger partial charge in [-0.2, -0.15) is 11.8 Å². The molecule has 1 amide bonds. The predicted octanol–water partition coefficient (Wildman–Crippen LogP) is 2.27. The van der Waals surface area contributed by atoms with Crippen molar-refractivity contribution in [2.75, 3.05) is 12.3 Å². The quantitative estimate of drug-likeness (QED) is 0.524. The van der Waals surface area contributed by atoms with Crippen LogP contribution in [0.4, 0.5) is 5.69 Å². The maximum atomic E-state index is 11.9. The lowest BCUT2D eigenvalue weighted by molar-refractivity contribution is -0.385. The molecule has 1 fully saturated rings. The number of carbonyl (C=O) groups excluding carboxylic acids is 1. The molecule has 1 aromatic rings. The molecule has 6 nitrogen and oxygen atoms in total. The third kappa shape index (κ3) is 3.57. The number of nitrogens with zero attached hydrogens (tertiary/aromatic N) is 2. The van der Waals surface area contributed by atoms with E-state index in [2.05, 4.69) is 10.3 Å². The summed E-state index contributed by atoms with van der Waals surface area (Å²) in [6, 6.07) is 1.15. The molecule has 1 atom stereocenters. The smallest absolute Gasteiger partial charge is 0.288 e. The zero-order chi connectivity index (χ0) is 13.8. The van der Waals surface area contributed by atoms with Gasteiger partial charge in [-0.05, 0) is 18.6 Å². The van der Waals surface area contributed by atoms with Crippen LogP contribution in [-0.2, 0) is 0 Å². The number of rotatable bonds is 4. The number of thioether (sulfide) groups is 1. The number of hydrogen-bond acceptors (Lipinski definition) is 5. The molecular weight excluding hydrogens is 290 g/mol. The summed E-state index contributed by atoms with van der Waals surface area (Å²) in [5, 5.41) is 13.8. The lowest BCUT2D eigenvalue weighted by Crippen LogP contribution is -2.30. The summed E-state index contributed by atoms with van der Waals surface area (Å²) in [5.41, 5.74) is -0.205. The van der Waals surface area contributed by atoms with Gasteiger partial charge in [0.05, 0.1) is 10.5 Å². The van der Waals surface area contributed by atoms with Crippen molar-refractivity contribution in [1.29, 1.82) is 0 Å². The average Bonchev–Trinajstić information content (AvgIpc) is 2.89. The second kappa shape index (κ2) is 6.21. The van der Waals surface area contributed by atoms with Crippen LogP contribution in [0.1, 0.15) is 23.2 Å². The van der Waals surface area contributed by atoms with Crippen molar-refractivity contribution in [3.8, 4) is 0 Å². The topological polar surface area (TPSA) is 85.1 Å². The van der Waals surface area contributed by atoms with Crippen LogP contribution in [0.25, 0.3) is 0 Å². The van der Waals surface area contributed by atoms with Crippen molar-refractivity contribution in [3.63, 3.8) is 0 Å². The van der Waals surface area contributed by atoms with E-state index in [9.17, 15) is 14.9 Å². The number of carbonyl (C=O) groups is 1. The van der Waals surface area contributed by atoms with E-state index >= 15 is 0 Å². The number of hydrogen-bond donors (Lipinski definition) is 1. The fourth-order valence-corrected chi connectivity index (χ4v) is 3.19. The van der Waals surface area contributed by atoms with Gasteiger partial charge in [0.25, 0.3) is 11.6 Å². The summed E-state index contributed by atoms with van der Waals surface area (Å²) in [6.45, 7) is 0.544. The van der Waals surface area contributed by atoms with E-state index in [1.54, 1.807) is 0 Å². The molecule has 0 aromatic carbocycles. The van der Waals surface area contributed by atoms with Crippen molar-refractivity contribution in [2.24, 2.45) is 0 Å². The Morgan fingerprint density at radius 3 is 3.11 bits per heavy atom.